The highest BCUT2D eigenvalue weighted by molar-refractivity contribution is 7.98. The number of rotatable bonds is 6. The lowest BCUT2D eigenvalue weighted by Crippen LogP contribution is -2.04. The summed E-state index contributed by atoms with van der Waals surface area (Å²) in [6.07, 6.45) is 0.865. The average molecular weight is 263 g/mol. The molecule has 1 heterocycles. The Morgan fingerprint density at radius 2 is 2.25 bits per heavy atom. The molecule has 0 amide bonds. The summed E-state index contributed by atoms with van der Waals surface area (Å²) in [6.45, 7) is 4.33. The van der Waals surface area contributed by atoms with E-state index in [1.54, 1.807) is 11.8 Å². The van der Waals surface area contributed by atoms with Crippen molar-refractivity contribution in [3.8, 4) is 0 Å². The van der Waals surface area contributed by atoms with Crippen molar-refractivity contribution in [2.45, 2.75) is 26.0 Å². The number of aliphatic hydroxyl groups is 1. The molecule has 0 aliphatic heterocycles. The van der Waals surface area contributed by atoms with Crippen LogP contribution in [0.15, 0.2) is 0 Å². The topological polar surface area (TPSA) is 38.0 Å². The number of nitrogens with zero attached hydrogens (tertiary/aromatic N) is 2. The Kier molecular flexibility index (Phi) is 5.66. The highest BCUT2D eigenvalue weighted by atomic mass is 35.5. The molecule has 1 N–H and O–H groups in total. The molecule has 3 nitrogen and oxygen atoms in total. The summed E-state index contributed by atoms with van der Waals surface area (Å²) in [5.74, 6) is 2.13. The molecule has 0 fully saturated rings. The lowest BCUT2D eigenvalue weighted by Gasteiger charge is -2.07. The van der Waals surface area contributed by atoms with Gasteiger partial charge in [0.1, 0.15) is 0 Å². The predicted octanol–water partition coefficient (Wildman–Crippen LogP) is 2.50. The van der Waals surface area contributed by atoms with Gasteiger partial charge in [-0.05, 0) is 18.1 Å². The molecule has 5 heteroatoms. The molecule has 1 atom stereocenters. The van der Waals surface area contributed by atoms with Gasteiger partial charge in [0, 0.05) is 19.4 Å². The first-order chi connectivity index (χ1) is 7.60. The van der Waals surface area contributed by atoms with Gasteiger partial charge in [-0.3, -0.25) is 4.68 Å². The maximum absolute atomic E-state index is 8.93. The largest absolute Gasteiger partial charge is 0.396 e. The lowest BCUT2D eigenvalue weighted by molar-refractivity contribution is 0.250. The predicted molar refractivity (Wildman–Crippen MR) is 70.0 cm³/mol. The molecule has 1 unspecified atom stereocenters. The van der Waals surface area contributed by atoms with Gasteiger partial charge < -0.3 is 5.11 Å². The van der Waals surface area contributed by atoms with Gasteiger partial charge >= 0.3 is 0 Å². The molecule has 0 radical (unpaired) electrons. The second-order valence-electron chi connectivity index (χ2n) is 3.99. The Morgan fingerprint density at radius 3 is 2.75 bits per heavy atom. The minimum absolute atomic E-state index is 0.242. The van der Waals surface area contributed by atoms with E-state index in [4.69, 9.17) is 16.7 Å². The summed E-state index contributed by atoms with van der Waals surface area (Å²) >= 11 is 8.02. The lowest BCUT2D eigenvalue weighted by atomic mass is 10.2. The highest BCUT2D eigenvalue weighted by Gasteiger charge is 2.13. The monoisotopic (exact) mass is 262 g/mol. The van der Waals surface area contributed by atoms with Crippen LogP contribution in [0, 0.1) is 5.92 Å². The third-order valence-corrected chi connectivity index (χ3v) is 4.17. The van der Waals surface area contributed by atoms with Gasteiger partial charge in [-0.15, -0.1) is 0 Å². The number of hydrogen-bond donors (Lipinski definition) is 1. The van der Waals surface area contributed by atoms with Gasteiger partial charge in [0.05, 0.1) is 16.4 Å². The number of aromatic nitrogens is 2. The number of hydrogen-bond acceptors (Lipinski definition) is 3. The van der Waals surface area contributed by atoms with E-state index in [1.807, 2.05) is 18.7 Å². The molecule has 16 heavy (non-hydrogen) atoms. The van der Waals surface area contributed by atoms with E-state index in [1.165, 1.54) is 0 Å². The van der Waals surface area contributed by atoms with Crippen molar-refractivity contribution in [1.82, 2.24) is 9.78 Å². The summed E-state index contributed by atoms with van der Waals surface area (Å²) < 4.78 is 1.86. The third kappa shape index (κ3) is 3.40. The van der Waals surface area contributed by atoms with Crippen LogP contribution in [0.2, 0.25) is 5.02 Å². The zero-order valence-corrected chi connectivity index (χ0v) is 11.6. The summed E-state index contributed by atoms with van der Waals surface area (Å²) in [7, 11) is 1.93. The van der Waals surface area contributed by atoms with Gasteiger partial charge in [0.25, 0.3) is 0 Å². The highest BCUT2D eigenvalue weighted by Crippen LogP contribution is 2.25. The molecule has 1 aromatic rings. The fourth-order valence-electron chi connectivity index (χ4n) is 1.39. The minimum atomic E-state index is 0.242. The number of aliphatic hydroxyl groups excluding tert-OH is 1. The molecule has 0 aromatic carbocycles. The van der Waals surface area contributed by atoms with E-state index in [0.29, 0.717) is 5.92 Å². The van der Waals surface area contributed by atoms with Crippen molar-refractivity contribution in [3.63, 3.8) is 0 Å². The summed E-state index contributed by atoms with van der Waals surface area (Å²) in [4.78, 5) is 0. The molecule has 0 bridgehead atoms. The van der Waals surface area contributed by atoms with Crippen molar-refractivity contribution in [2.75, 3.05) is 12.4 Å². The van der Waals surface area contributed by atoms with E-state index in [-0.39, 0.29) is 6.61 Å². The van der Waals surface area contributed by atoms with Crippen LogP contribution >= 0.6 is 23.4 Å². The van der Waals surface area contributed by atoms with E-state index in [9.17, 15) is 0 Å². The summed E-state index contributed by atoms with van der Waals surface area (Å²) in [5.41, 5.74) is 2.05. The van der Waals surface area contributed by atoms with Crippen molar-refractivity contribution in [2.24, 2.45) is 13.0 Å². The van der Waals surface area contributed by atoms with Gasteiger partial charge in [-0.1, -0.05) is 25.4 Å². The number of aryl methyl sites for hydroxylation is 2. The summed E-state index contributed by atoms with van der Waals surface area (Å²) in [6, 6.07) is 0. The Bertz CT molecular complexity index is 341. The van der Waals surface area contributed by atoms with E-state index >= 15 is 0 Å². The van der Waals surface area contributed by atoms with Gasteiger partial charge in [0.2, 0.25) is 0 Å². The molecule has 1 aromatic heterocycles. The molecule has 1 rings (SSSR count). The Balaban J connectivity index is 2.56. The van der Waals surface area contributed by atoms with Gasteiger partial charge in [-0.2, -0.15) is 16.9 Å². The number of halogens is 1. The molecular weight excluding hydrogens is 244 g/mol. The van der Waals surface area contributed by atoms with Crippen LogP contribution in [0.4, 0.5) is 0 Å². The normalized spacial score (nSPS) is 13.1. The van der Waals surface area contributed by atoms with E-state index in [0.717, 1.165) is 34.3 Å². The maximum Gasteiger partial charge on any atom is 0.0858 e. The first-order valence-electron chi connectivity index (χ1n) is 5.49. The van der Waals surface area contributed by atoms with E-state index in [2.05, 4.69) is 12.0 Å². The SMILES string of the molecule is CCc1nn(C)c(CSCC(C)CO)c1Cl. The van der Waals surface area contributed by atoms with Crippen LogP contribution in [0.3, 0.4) is 0 Å². The van der Waals surface area contributed by atoms with Crippen LogP contribution in [0.1, 0.15) is 25.2 Å². The van der Waals surface area contributed by atoms with Crippen molar-refractivity contribution < 1.29 is 5.11 Å². The second-order valence-corrected chi connectivity index (χ2v) is 5.40. The molecule has 0 aliphatic rings. The van der Waals surface area contributed by atoms with Crippen LogP contribution in [0.5, 0.6) is 0 Å². The standard InChI is InChI=1S/C11H19ClN2OS/c1-4-9-11(12)10(14(3)13-9)7-16-6-8(2)5-15/h8,15H,4-7H2,1-3H3. The fourth-order valence-corrected chi connectivity index (χ4v) is 2.98. The van der Waals surface area contributed by atoms with Crippen molar-refractivity contribution >= 4 is 23.4 Å². The molecule has 0 saturated heterocycles. The zero-order valence-electron chi connectivity index (χ0n) is 10.0. The maximum atomic E-state index is 8.93. The molecule has 0 spiro atoms. The molecule has 0 aliphatic carbocycles. The van der Waals surface area contributed by atoms with Crippen LogP contribution in [-0.2, 0) is 19.2 Å². The quantitative estimate of drug-likeness (QED) is 0.856. The van der Waals surface area contributed by atoms with Crippen LogP contribution in [-0.4, -0.2) is 27.2 Å². The first-order valence-corrected chi connectivity index (χ1v) is 7.02. The molecule has 92 valence electrons. The van der Waals surface area contributed by atoms with Gasteiger partial charge in [-0.25, -0.2) is 0 Å². The Morgan fingerprint density at radius 1 is 1.56 bits per heavy atom. The van der Waals surface area contributed by atoms with Crippen molar-refractivity contribution in [3.05, 3.63) is 16.4 Å². The van der Waals surface area contributed by atoms with Crippen LogP contribution < -0.4 is 0 Å². The fraction of sp³-hybridized carbons (Fsp3) is 0.727. The van der Waals surface area contributed by atoms with E-state index < -0.39 is 0 Å². The second kappa shape index (κ2) is 6.52. The molecule has 0 saturated carbocycles. The average Bonchev–Trinajstić information content (AvgIpc) is 2.55. The third-order valence-electron chi connectivity index (χ3n) is 2.46. The zero-order chi connectivity index (χ0) is 12.1. The Hall–Kier alpha value is -0.190. The van der Waals surface area contributed by atoms with Gasteiger partial charge in [0.15, 0.2) is 0 Å². The smallest absolute Gasteiger partial charge is 0.0858 e. The van der Waals surface area contributed by atoms with Crippen LogP contribution in [0.25, 0.3) is 0 Å². The molecular formula is C11H19ClN2OS. The first kappa shape index (κ1) is 13.9. The minimum Gasteiger partial charge on any atom is -0.396 e. The summed E-state index contributed by atoms with van der Waals surface area (Å²) in [5, 5.41) is 14.1. The Labute approximate surface area is 106 Å². The number of thioether (sulfide) groups is 1. The van der Waals surface area contributed by atoms with Crippen molar-refractivity contribution in [1.29, 1.82) is 0 Å².